The van der Waals surface area contributed by atoms with Crippen molar-refractivity contribution in [3.05, 3.63) is 26.2 Å². The van der Waals surface area contributed by atoms with Gasteiger partial charge in [-0.1, -0.05) is 66.2 Å². The Morgan fingerprint density at radius 2 is 1.44 bits per heavy atom. The van der Waals surface area contributed by atoms with Crippen molar-refractivity contribution in [3.63, 3.8) is 0 Å². The number of benzene rings is 1. The smallest absolute Gasteiger partial charge is 0.311 e. The third kappa shape index (κ3) is 8.04. The molecule has 0 bridgehead atoms. The average molecular weight is 430 g/mol. The van der Waals surface area contributed by atoms with Crippen LogP contribution in [0, 0.1) is 0 Å². The summed E-state index contributed by atoms with van der Waals surface area (Å²) in [6.07, 6.45) is 4.37. The molecule has 0 heterocycles. The van der Waals surface area contributed by atoms with Crippen LogP contribution in [0.15, 0.2) is 6.07 Å². The molecule has 4 nitrogen and oxygen atoms in total. The summed E-state index contributed by atoms with van der Waals surface area (Å²) in [5.74, 6) is -0.836. The standard InChI is InChI=1S/C17H20Cl4O4/c1-2-3-6-9-24-13(22)7-4-5-8-14(23)25-17-15(20)11(18)10-12(19)16(17)21/h10H,2-9H2,1H3. The Kier molecular flexibility index (Phi) is 10.6. The van der Waals surface area contributed by atoms with Gasteiger partial charge in [0.05, 0.1) is 16.7 Å². The van der Waals surface area contributed by atoms with E-state index in [0.717, 1.165) is 19.3 Å². The monoisotopic (exact) mass is 428 g/mol. The van der Waals surface area contributed by atoms with Crippen molar-refractivity contribution in [1.29, 1.82) is 0 Å². The van der Waals surface area contributed by atoms with E-state index >= 15 is 0 Å². The Hall–Kier alpha value is -0.680. The molecule has 1 aromatic carbocycles. The molecular formula is C17H20Cl4O4. The van der Waals surface area contributed by atoms with Gasteiger partial charge in [0.25, 0.3) is 0 Å². The normalized spacial score (nSPS) is 10.6. The highest BCUT2D eigenvalue weighted by Crippen LogP contribution is 2.42. The summed E-state index contributed by atoms with van der Waals surface area (Å²) < 4.78 is 10.2. The zero-order valence-corrected chi connectivity index (χ0v) is 16.9. The van der Waals surface area contributed by atoms with Crippen LogP contribution in [-0.4, -0.2) is 18.5 Å². The lowest BCUT2D eigenvalue weighted by molar-refractivity contribution is -0.144. The highest BCUT2D eigenvalue weighted by atomic mass is 35.5. The molecule has 0 aliphatic heterocycles. The largest absolute Gasteiger partial charge is 0.466 e. The van der Waals surface area contributed by atoms with Crippen LogP contribution in [0.5, 0.6) is 5.75 Å². The third-order valence-corrected chi connectivity index (χ3v) is 4.85. The molecule has 140 valence electrons. The minimum absolute atomic E-state index is 0.0278. The number of hydrogen-bond donors (Lipinski definition) is 0. The van der Waals surface area contributed by atoms with E-state index in [4.69, 9.17) is 55.9 Å². The van der Waals surface area contributed by atoms with Gasteiger partial charge in [0.1, 0.15) is 10.0 Å². The van der Waals surface area contributed by atoms with Crippen molar-refractivity contribution in [2.75, 3.05) is 6.61 Å². The van der Waals surface area contributed by atoms with E-state index < -0.39 is 5.97 Å². The van der Waals surface area contributed by atoms with Gasteiger partial charge in [0.2, 0.25) is 0 Å². The minimum Gasteiger partial charge on any atom is -0.466 e. The maximum atomic E-state index is 11.9. The first kappa shape index (κ1) is 22.4. The first-order chi connectivity index (χ1) is 11.9. The zero-order chi connectivity index (χ0) is 18.8. The Morgan fingerprint density at radius 1 is 0.880 bits per heavy atom. The molecule has 1 aromatic rings. The van der Waals surface area contributed by atoms with Crippen LogP contribution < -0.4 is 4.74 Å². The molecule has 0 N–H and O–H groups in total. The van der Waals surface area contributed by atoms with Crippen LogP contribution in [0.4, 0.5) is 0 Å². The summed E-state index contributed by atoms with van der Waals surface area (Å²) in [5, 5.41) is 0.342. The number of esters is 2. The van der Waals surface area contributed by atoms with Crippen LogP contribution in [0.2, 0.25) is 20.1 Å². The molecule has 25 heavy (non-hydrogen) atoms. The molecule has 0 saturated carbocycles. The second kappa shape index (κ2) is 11.8. The second-order valence-corrected chi connectivity index (χ2v) is 6.98. The van der Waals surface area contributed by atoms with Crippen LogP contribution in [-0.2, 0) is 14.3 Å². The van der Waals surface area contributed by atoms with E-state index in [1.165, 1.54) is 6.07 Å². The Labute approximate surface area is 167 Å². The molecule has 0 spiro atoms. The fourth-order valence-electron chi connectivity index (χ4n) is 1.95. The Balaban J connectivity index is 2.34. The van der Waals surface area contributed by atoms with E-state index in [0.29, 0.717) is 19.4 Å². The summed E-state index contributed by atoms with van der Waals surface area (Å²) >= 11 is 23.7. The molecule has 0 unspecified atom stereocenters. The average Bonchev–Trinajstić information content (AvgIpc) is 2.57. The lowest BCUT2D eigenvalue weighted by Gasteiger charge is -2.10. The van der Waals surface area contributed by atoms with Gasteiger partial charge in [-0.3, -0.25) is 9.59 Å². The molecule has 8 heteroatoms. The fourth-order valence-corrected chi connectivity index (χ4v) is 2.82. The first-order valence-electron chi connectivity index (χ1n) is 8.06. The molecule has 0 aliphatic rings. The predicted molar refractivity (Wildman–Crippen MR) is 101 cm³/mol. The van der Waals surface area contributed by atoms with Crippen LogP contribution >= 0.6 is 46.4 Å². The van der Waals surface area contributed by atoms with Gasteiger partial charge >= 0.3 is 11.9 Å². The van der Waals surface area contributed by atoms with Crippen molar-refractivity contribution in [2.24, 2.45) is 0 Å². The fraction of sp³-hybridized carbons (Fsp3) is 0.529. The molecule has 1 rings (SSSR count). The van der Waals surface area contributed by atoms with E-state index in [1.54, 1.807) is 0 Å². The highest BCUT2D eigenvalue weighted by molar-refractivity contribution is 6.48. The minimum atomic E-state index is -0.529. The van der Waals surface area contributed by atoms with Gasteiger partial charge < -0.3 is 9.47 Å². The molecule has 0 atom stereocenters. The molecule has 0 aliphatic carbocycles. The van der Waals surface area contributed by atoms with Crippen LogP contribution in [0.1, 0.15) is 51.9 Å². The lowest BCUT2D eigenvalue weighted by atomic mass is 10.2. The SMILES string of the molecule is CCCCCOC(=O)CCCCC(=O)Oc1c(Cl)c(Cl)cc(Cl)c1Cl. The molecule has 0 fully saturated rings. The van der Waals surface area contributed by atoms with Gasteiger partial charge in [-0.15, -0.1) is 0 Å². The number of halogens is 4. The van der Waals surface area contributed by atoms with Crippen molar-refractivity contribution in [1.82, 2.24) is 0 Å². The van der Waals surface area contributed by atoms with Gasteiger partial charge in [-0.25, -0.2) is 0 Å². The van der Waals surface area contributed by atoms with E-state index in [2.05, 4.69) is 6.92 Å². The first-order valence-corrected chi connectivity index (χ1v) is 9.57. The summed E-state index contributed by atoms with van der Waals surface area (Å²) in [6, 6.07) is 1.37. The Bertz CT molecular complexity index is 579. The summed E-state index contributed by atoms with van der Waals surface area (Å²) in [6.45, 7) is 2.53. The van der Waals surface area contributed by atoms with Gasteiger partial charge in [-0.2, -0.15) is 0 Å². The van der Waals surface area contributed by atoms with Crippen molar-refractivity contribution < 1.29 is 19.1 Å². The Morgan fingerprint density at radius 3 is 2.00 bits per heavy atom. The number of carbonyl (C=O) groups excluding carboxylic acids is 2. The molecule has 0 aromatic heterocycles. The third-order valence-electron chi connectivity index (χ3n) is 3.31. The van der Waals surface area contributed by atoms with Gasteiger partial charge in [0.15, 0.2) is 5.75 Å². The van der Waals surface area contributed by atoms with E-state index in [9.17, 15) is 9.59 Å². The van der Waals surface area contributed by atoms with Crippen molar-refractivity contribution >= 4 is 58.3 Å². The molecule has 0 radical (unpaired) electrons. The molecule has 0 saturated heterocycles. The number of hydrogen-bond acceptors (Lipinski definition) is 4. The second-order valence-electron chi connectivity index (χ2n) is 5.41. The number of unbranched alkanes of at least 4 members (excludes halogenated alkanes) is 3. The van der Waals surface area contributed by atoms with Crippen LogP contribution in [0.25, 0.3) is 0 Å². The number of carbonyl (C=O) groups is 2. The maximum absolute atomic E-state index is 11.9. The quantitative estimate of drug-likeness (QED) is 0.184. The summed E-state index contributed by atoms with van der Waals surface area (Å²) in [4.78, 5) is 23.4. The van der Waals surface area contributed by atoms with Gasteiger partial charge in [0, 0.05) is 12.8 Å². The van der Waals surface area contributed by atoms with Crippen molar-refractivity contribution in [3.8, 4) is 5.75 Å². The van der Waals surface area contributed by atoms with Crippen LogP contribution in [0.3, 0.4) is 0 Å². The topological polar surface area (TPSA) is 52.6 Å². The highest BCUT2D eigenvalue weighted by Gasteiger charge is 2.18. The van der Waals surface area contributed by atoms with Crippen molar-refractivity contribution in [2.45, 2.75) is 51.9 Å². The maximum Gasteiger partial charge on any atom is 0.311 e. The van der Waals surface area contributed by atoms with E-state index in [-0.39, 0.29) is 44.7 Å². The summed E-state index contributed by atoms with van der Waals surface area (Å²) in [5.41, 5.74) is 0. The molecular weight excluding hydrogens is 410 g/mol. The zero-order valence-electron chi connectivity index (χ0n) is 13.9. The summed E-state index contributed by atoms with van der Waals surface area (Å²) in [7, 11) is 0. The molecule has 0 amide bonds. The predicted octanol–water partition coefficient (Wildman–Crippen LogP) is 6.50. The number of rotatable bonds is 10. The number of ether oxygens (including phenoxy) is 2. The van der Waals surface area contributed by atoms with Gasteiger partial charge in [-0.05, 0) is 25.3 Å². The lowest BCUT2D eigenvalue weighted by Crippen LogP contribution is -2.10. The van der Waals surface area contributed by atoms with E-state index in [1.807, 2.05) is 0 Å².